The number of hydrogen-bond donors (Lipinski definition) is 3. The summed E-state index contributed by atoms with van der Waals surface area (Å²) in [5, 5.41) is 12.0. The van der Waals surface area contributed by atoms with Crippen molar-refractivity contribution in [3.8, 4) is 17.6 Å². The van der Waals surface area contributed by atoms with Crippen LogP contribution in [0.4, 0.5) is 24.5 Å². The summed E-state index contributed by atoms with van der Waals surface area (Å²) in [5.41, 5.74) is 1.95. The fraction of sp³-hybridized carbons (Fsp3) is 0.407. The van der Waals surface area contributed by atoms with Gasteiger partial charge in [0.2, 0.25) is 0 Å². The average molecular weight is 534 g/mol. The molecule has 0 spiro atoms. The Labute approximate surface area is 215 Å². The van der Waals surface area contributed by atoms with Crippen LogP contribution in [0.15, 0.2) is 36.4 Å². The number of fused-ring (bicyclic) bond motifs is 1. The molecule has 3 aromatic rings. The van der Waals surface area contributed by atoms with Crippen LogP contribution in [0.25, 0.3) is 10.1 Å². The van der Waals surface area contributed by atoms with Crippen LogP contribution < -0.4 is 26.0 Å². The van der Waals surface area contributed by atoms with Crippen molar-refractivity contribution in [1.29, 1.82) is 0 Å². The van der Waals surface area contributed by atoms with Gasteiger partial charge in [0.25, 0.3) is 0 Å². The van der Waals surface area contributed by atoms with Crippen molar-refractivity contribution in [3.63, 3.8) is 0 Å². The van der Waals surface area contributed by atoms with Crippen LogP contribution in [0, 0.1) is 11.8 Å². The number of methoxy groups -OCH3 is 1. The van der Waals surface area contributed by atoms with E-state index in [0.717, 1.165) is 47.8 Å². The Kier molecular flexibility index (Phi) is 8.66. The maximum Gasteiger partial charge on any atom is 0.393 e. The van der Waals surface area contributed by atoms with E-state index in [-0.39, 0.29) is 13.5 Å². The maximum atomic E-state index is 13.5. The molecule has 0 amide bonds. The lowest BCUT2D eigenvalue weighted by Gasteiger charge is -2.25. The number of hydrogen-bond acceptors (Lipinski definition) is 5. The number of ether oxygens (including phenoxy) is 1. The van der Waals surface area contributed by atoms with Gasteiger partial charge in [-0.2, -0.15) is 13.2 Å². The molecule has 0 aliphatic carbocycles. The van der Waals surface area contributed by atoms with Gasteiger partial charge in [0.15, 0.2) is 0 Å². The molecule has 4 rings (SSSR count). The monoisotopic (exact) mass is 533 g/mol. The second kappa shape index (κ2) is 11.7. The number of benzene rings is 2. The molecule has 192 valence electrons. The van der Waals surface area contributed by atoms with Crippen LogP contribution in [0.1, 0.15) is 23.3 Å². The van der Waals surface area contributed by atoms with Crippen LogP contribution in [0.5, 0.6) is 5.75 Å². The molecular weight excluding hydrogens is 502 g/mol. The van der Waals surface area contributed by atoms with Gasteiger partial charge in [0.05, 0.1) is 41.0 Å². The van der Waals surface area contributed by atoms with Crippen LogP contribution in [-0.2, 0) is 6.42 Å². The first kappa shape index (κ1) is 26.6. The van der Waals surface area contributed by atoms with Crippen molar-refractivity contribution >= 4 is 46.0 Å². The lowest BCUT2D eigenvalue weighted by Crippen LogP contribution is -2.35. The molecule has 36 heavy (non-hydrogen) atoms. The zero-order valence-electron chi connectivity index (χ0n) is 20.7. The molecule has 1 saturated heterocycles. The third kappa shape index (κ3) is 6.64. The largest absolute Gasteiger partial charge is 0.495 e. The molecule has 0 unspecified atom stereocenters. The van der Waals surface area contributed by atoms with Crippen LogP contribution in [0.3, 0.4) is 0 Å². The van der Waals surface area contributed by atoms with E-state index in [1.165, 1.54) is 16.6 Å². The molecule has 9 heteroatoms. The quantitative estimate of drug-likeness (QED) is 0.257. The van der Waals surface area contributed by atoms with Gasteiger partial charge in [-0.25, -0.2) is 0 Å². The summed E-state index contributed by atoms with van der Waals surface area (Å²) in [7, 11) is 1.38. The first-order valence-corrected chi connectivity index (χ1v) is 15.0. The highest BCUT2D eigenvalue weighted by atomic mass is 32.1. The van der Waals surface area contributed by atoms with Gasteiger partial charge < -0.3 is 20.7 Å². The minimum atomic E-state index is -4.31. The van der Waals surface area contributed by atoms with E-state index in [9.17, 15) is 13.2 Å². The van der Waals surface area contributed by atoms with Gasteiger partial charge in [0, 0.05) is 6.04 Å². The molecule has 0 atom stereocenters. The summed E-state index contributed by atoms with van der Waals surface area (Å²) >= 11 is 1.34. The predicted molar refractivity (Wildman–Crippen MR) is 148 cm³/mol. The summed E-state index contributed by atoms with van der Waals surface area (Å²) in [4.78, 5) is 0.466. The van der Waals surface area contributed by atoms with E-state index in [1.54, 1.807) is 13.2 Å². The van der Waals surface area contributed by atoms with Crippen molar-refractivity contribution in [1.82, 2.24) is 5.32 Å². The van der Waals surface area contributed by atoms with Crippen molar-refractivity contribution < 1.29 is 17.9 Å². The summed E-state index contributed by atoms with van der Waals surface area (Å²) < 4.78 is 46.8. The Morgan fingerprint density at radius 1 is 1.14 bits per heavy atom. The average Bonchev–Trinajstić information content (AvgIpc) is 3.19. The minimum absolute atomic E-state index is 0.245. The Hall–Kier alpha value is -2.46. The van der Waals surface area contributed by atoms with Gasteiger partial charge in [-0.15, -0.1) is 11.3 Å². The number of alkyl halides is 3. The summed E-state index contributed by atoms with van der Waals surface area (Å²) in [6, 6.07) is 11.9. The molecule has 0 saturated carbocycles. The summed E-state index contributed by atoms with van der Waals surface area (Å²) in [6.07, 6.45) is -3.34. The SMILES string of the molecule is COc1cc(P(C)C)ccc1NCC#Cc1sc2c(NC3CCNCC3)cccc2c1CC(F)(F)F. The molecular formula is C27H31F3N3OPS. The number of thiophene rings is 1. The second-order valence-electron chi connectivity index (χ2n) is 8.99. The summed E-state index contributed by atoms with van der Waals surface area (Å²) in [6.45, 7) is 6.53. The van der Waals surface area contributed by atoms with E-state index < -0.39 is 12.6 Å². The minimum Gasteiger partial charge on any atom is -0.495 e. The van der Waals surface area contributed by atoms with Crippen LogP contribution in [0.2, 0.25) is 0 Å². The standard InChI is InChI=1S/C27H31F3N3OPS/c1-34-24-16-19(35(2)3)9-10-22(24)32-13-5-8-25-21(17-27(28,29)30)20-6-4-7-23(26(20)36-25)33-18-11-14-31-15-12-18/h4,6-7,9-10,16,18,31-33H,11-15,17H2,1-3H3. The Morgan fingerprint density at radius 2 is 1.92 bits per heavy atom. The number of anilines is 2. The Morgan fingerprint density at radius 3 is 2.61 bits per heavy atom. The first-order valence-electron chi connectivity index (χ1n) is 11.9. The van der Waals surface area contributed by atoms with E-state index in [4.69, 9.17) is 4.74 Å². The third-order valence-electron chi connectivity index (χ3n) is 6.17. The van der Waals surface area contributed by atoms with Crippen molar-refractivity contribution in [2.45, 2.75) is 31.5 Å². The number of piperidine rings is 1. The topological polar surface area (TPSA) is 45.3 Å². The molecule has 1 aromatic heterocycles. The highest BCUT2D eigenvalue weighted by Crippen LogP contribution is 2.39. The smallest absolute Gasteiger partial charge is 0.393 e. The van der Waals surface area contributed by atoms with E-state index >= 15 is 0 Å². The van der Waals surface area contributed by atoms with Crippen molar-refractivity contribution in [2.24, 2.45) is 0 Å². The van der Waals surface area contributed by atoms with Crippen LogP contribution >= 0.6 is 19.3 Å². The van der Waals surface area contributed by atoms with E-state index in [0.29, 0.717) is 22.8 Å². The molecule has 1 fully saturated rings. The van der Waals surface area contributed by atoms with Crippen molar-refractivity contribution in [2.75, 3.05) is 50.7 Å². The van der Waals surface area contributed by atoms with Gasteiger partial charge in [-0.1, -0.05) is 38.0 Å². The lowest BCUT2D eigenvalue weighted by molar-refractivity contribution is -0.126. The van der Waals surface area contributed by atoms with E-state index in [2.05, 4.69) is 47.2 Å². The number of nitrogens with one attached hydrogen (secondary N) is 3. The number of halogens is 3. The fourth-order valence-electron chi connectivity index (χ4n) is 4.32. The third-order valence-corrected chi connectivity index (χ3v) is 8.67. The molecule has 3 N–H and O–H groups in total. The zero-order chi connectivity index (χ0) is 25.7. The molecule has 1 aliphatic heterocycles. The Bertz CT molecular complexity index is 1260. The number of rotatable bonds is 7. The molecule has 1 aliphatic rings. The fourth-order valence-corrected chi connectivity index (χ4v) is 6.23. The Balaban J connectivity index is 1.59. The maximum absolute atomic E-state index is 13.5. The highest BCUT2D eigenvalue weighted by molar-refractivity contribution is 7.64. The second-order valence-corrected chi connectivity index (χ2v) is 12.3. The highest BCUT2D eigenvalue weighted by Gasteiger charge is 2.31. The van der Waals surface area contributed by atoms with Crippen molar-refractivity contribution in [3.05, 3.63) is 46.8 Å². The van der Waals surface area contributed by atoms with Gasteiger partial charge in [0.1, 0.15) is 5.75 Å². The van der Waals surface area contributed by atoms with Gasteiger partial charge in [-0.05, 0) is 73.7 Å². The molecule has 4 nitrogen and oxygen atoms in total. The zero-order valence-corrected chi connectivity index (χ0v) is 22.4. The molecule has 0 bridgehead atoms. The van der Waals surface area contributed by atoms with Gasteiger partial charge >= 0.3 is 6.18 Å². The summed E-state index contributed by atoms with van der Waals surface area (Å²) in [5.74, 6) is 6.79. The lowest BCUT2D eigenvalue weighted by atomic mass is 10.0. The van der Waals surface area contributed by atoms with Crippen LogP contribution in [-0.4, -0.2) is 52.3 Å². The molecule has 0 radical (unpaired) electrons. The molecule has 2 heterocycles. The first-order chi connectivity index (χ1) is 17.2. The normalized spacial score (nSPS) is 14.5. The predicted octanol–water partition coefficient (Wildman–Crippen LogP) is 6.01. The molecule has 2 aromatic carbocycles. The van der Waals surface area contributed by atoms with Gasteiger partial charge in [-0.3, -0.25) is 0 Å². The van der Waals surface area contributed by atoms with E-state index in [1.807, 2.05) is 24.3 Å².